The van der Waals surface area contributed by atoms with Crippen molar-refractivity contribution >= 4 is 5.97 Å². The lowest BCUT2D eigenvalue weighted by Gasteiger charge is -2.31. The van der Waals surface area contributed by atoms with E-state index in [1.807, 2.05) is 12.1 Å². The maximum atomic E-state index is 12.6. The first-order chi connectivity index (χ1) is 14.2. The Morgan fingerprint density at radius 3 is 2.31 bits per heavy atom. The molecule has 0 N–H and O–H groups in total. The highest BCUT2D eigenvalue weighted by Gasteiger charge is 2.30. The summed E-state index contributed by atoms with van der Waals surface area (Å²) in [6.45, 7) is 2.27. The molecule has 0 spiro atoms. The number of allylic oxidation sites excluding steroid dienone is 4. The fourth-order valence-electron chi connectivity index (χ4n) is 4.95. The number of hydrogen-bond donors (Lipinski definition) is 0. The van der Waals surface area contributed by atoms with Gasteiger partial charge in [-0.25, -0.2) is 0 Å². The summed E-state index contributed by atoms with van der Waals surface area (Å²) < 4.78 is 5.91. The lowest BCUT2D eigenvalue weighted by atomic mass is 9.80. The molecule has 2 fully saturated rings. The molecule has 2 aliphatic carbocycles. The van der Waals surface area contributed by atoms with Crippen molar-refractivity contribution in [2.75, 3.05) is 0 Å². The molecule has 162 valence electrons. The fraction of sp³-hybridized carbons (Fsp3) is 0.769. The van der Waals surface area contributed by atoms with Crippen molar-refractivity contribution in [3.05, 3.63) is 24.3 Å². The highest BCUT2D eigenvalue weighted by Crippen LogP contribution is 2.34. The summed E-state index contributed by atoms with van der Waals surface area (Å²) in [6, 6.07) is 1.99. The van der Waals surface area contributed by atoms with Crippen molar-refractivity contribution in [3.8, 4) is 6.07 Å². The van der Waals surface area contributed by atoms with Gasteiger partial charge in [0.15, 0.2) is 0 Å². The normalized spacial score (nSPS) is 27.9. The van der Waals surface area contributed by atoms with Crippen molar-refractivity contribution in [1.29, 1.82) is 5.26 Å². The van der Waals surface area contributed by atoms with E-state index in [0.29, 0.717) is 0 Å². The molecule has 3 nitrogen and oxygen atoms in total. The second-order valence-corrected chi connectivity index (χ2v) is 9.14. The number of esters is 1. The molecule has 2 saturated carbocycles. The second kappa shape index (κ2) is 14.4. The van der Waals surface area contributed by atoms with Crippen LogP contribution in [0.15, 0.2) is 24.3 Å². The Morgan fingerprint density at radius 2 is 1.62 bits per heavy atom. The predicted molar refractivity (Wildman–Crippen MR) is 119 cm³/mol. The molecule has 0 heterocycles. The molecular weight excluding hydrogens is 358 g/mol. The first-order valence-corrected chi connectivity index (χ1v) is 12.1. The SMILES string of the molecule is CCCCCCC1CCC(OC(=O)C2CCC(CCC=CC=CC#N)CC2)CC1. The van der Waals surface area contributed by atoms with E-state index in [4.69, 9.17) is 10.00 Å². The van der Waals surface area contributed by atoms with Gasteiger partial charge in [0.25, 0.3) is 0 Å². The van der Waals surface area contributed by atoms with Gasteiger partial charge in [-0.1, -0.05) is 57.3 Å². The summed E-state index contributed by atoms with van der Waals surface area (Å²) >= 11 is 0. The maximum absolute atomic E-state index is 12.6. The minimum atomic E-state index is 0.0800. The van der Waals surface area contributed by atoms with Crippen LogP contribution in [0.1, 0.15) is 103 Å². The third-order valence-corrected chi connectivity index (χ3v) is 6.88. The molecule has 0 radical (unpaired) electrons. The Morgan fingerprint density at radius 1 is 0.931 bits per heavy atom. The van der Waals surface area contributed by atoms with Gasteiger partial charge in [-0.15, -0.1) is 0 Å². The number of ether oxygens (including phenoxy) is 1. The topological polar surface area (TPSA) is 50.1 Å². The number of carbonyl (C=O) groups excluding carboxylic acids is 1. The first-order valence-electron chi connectivity index (χ1n) is 12.1. The molecule has 29 heavy (non-hydrogen) atoms. The maximum Gasteiger partial charge on any atom is 0.309 e. The summed E-state index contributed by atoms with van der Waals surface area (Å²) in [4.78, 5) is 12.6. The zero-order valence-electron chi connectivity index (χ0n) is 18.5. The summed E-state index contributed by atoms with van der Waals surface area (Å²) in [5.74, 6) is 1.80. The number of nitrogens with zero attached hydrogens (tertiary/aromatic N) is 1. The Labute approximate surface area is 178 Å². The van der Waals surface area contributed by atoms with Crippen LogP contribution in [0.2, 0.25) is 0 Å². The standard InChI is InChI=1S/C26H41NO2/c1-2-3-4-8-11-23-15-19-25(20-16-23)29-26(28)24-17-13-22(14-18-24)12-9-6-5-7-10-21-27/h5-7,10,22-25H,2-4,8-9,11-20H2,1H3. The van der Waals surface area contributed by atoms with Gasteiger partial charge in [0, 0.05) is 6.08 Å². The monoisotopic (exact) mass is 399 g/mol. The minimum Gasteiger partial charge on any atom is -0.462 e. The van der Waals surface area contributed by atoms with Gasteiger partial charge in [-0.3, -0.25) is 4.79 Å². The van der Waals surface area contributed by atoms with Gasteiger partial charge in [0.05, 0.1) is 12.0 Å². The van der Waals surface area contributed by atoms with Crippen molar-refractivity contribution in [2.24, 2.45) is 17.8 Å². The number of carbonyl (C=O) groups is 1. The third kappa shape index (κ3) is 9.66. The van der Waals surface area contributed by atoms with Gasteiger partial charge in [-0.2, -0.15) is 5.26 Å². The second-order valence-electron chi connectivity index (χ2n) is 9.14. The van der Waals surface area contributed by atoms with Gasteiger partial charge in [0.1, 0.15) is 6.10 Å². The molecule has 0 aromatic rings. The molecule has 0 atom stereocenters. The number of unbranched alkanes of at least 4 members (excludes halogenated alkanes) is 3. The summed E-state index contributed by atoms with van der Waals surface area (Å²) in [5.41, 5.74) is 0. The van der Waals surface area contributed by atoms with E-state index in [9.17, 15) is 4.79 Å². The van der Waals surface area contributed by atoms with E-state index in [1.54, 1.807) is 6.08 Å². The van der Waals surface area contributed by atoms with E-state index in [2.05, 4.69) is 13.0 Å². The van der Waals surface area contributed by atoms with Crippen molar-refractivity contribution in [1.82, 2.24) is 0 Å². The highest BCUT2D eigenvalue weighted by atomic mass is 16.5. The van der Waals surface area contributed by atoms with Gasteiger partial charge >= 0.3 is 5.97 Å². The molecule has 0 aromatic heterocycles. The smallest absolute Gasteiger partial charge is 0.309 e. The molecule has 0 amide bonds. The van der Waals surface area contributed by atoms with Crippen LogP contribution in [0.3, 0.4) is 0 Å². The Bertz CT molecular complexity index is 544. The third-order valence-electron chi connectivity index (χ3n) is 6.88. The van der Waals surface area contributed by atoms with Gasteiger partial charge in [-0.05, 0) is 76.0 Å². The minimum absolute atomic E-state index is 0.0800. The van der Waals surface area contributed by atoms with E-state index in [0.717, 1.165) is 56.8 Å². The van der Waals surface area contributed by atoms with Crippen LogP contribution in [0, 0.1) is 29.1 Å². The Kier molecular flexibility index (Phi) is 11.8. The average molecular weight is 400 g/mol. The van der Waals surface area contributed by atoms with Crippen LogP contribution in [-0.2, 0) is 9.53 Å². The van der Waals surface area contributed by atoms with Crippen molar-refractivity contribution in [3.63, 3.8) is 0 Å². The quantitative estimate of drug-likeness (QED) is 0.159. The van der Waals surface area contributed by atoms with Crippen LogP contribution in [-0.4, -0.2) is 12.1 Å². The molecule has 0 unspecified atom stereocenters. The largest absolute Gasteiger partial charge is 0.462 e. The van der Waals surface area contributed by atoms with Crippen molar-refractivity contribution < 1.29 is 9.53 Å². The number of rotatable bonds is 11. The van der Waals surface area contributed by atoms with Crippen LogP contribution >= 0.6 is 0 Å². The molecule has 3 heteroatoms. The average Bonchev–Trinajstić information content (AvgIpc) is 2.75. The van der Waals surface area contributed by atoms with Gasteiger partial charge < -0.3 is 4.74 Å². The van der Waals surface area contributed by atoms with Gasteiger partial charge in [0.2, 0.25) is 0 Å². The summed E-state index contributed by atoms with van der Waals surface area (Å²) in [7, 11) is 0. The Balaban J connectivity index is 1.56. The molecular formula is C26H41NO2. The lowest BCUT2D eigenvalue weighted by molar-refractivity contribution is -0.157. The van der Waals surface area contributed by atoms with Crippen LogP contribution in [0.25, 0.3) is 0 Å². The molecule has 2 rings (SSSR count). The van der Waals surface area contributed by atoms with E-state index in [-0.39, 0.29) is 18.0 Å². The zero-order valence-corrected chi connectivity index (χ0v) is 18.5. The van der Waals surface area contributed by atoms with Crippen molar-refractivity contribution in [2.45, 2.75) is 109 Å². The summed E-state index contributed by atoms with van der Waals surface area (Å²) in [6.07, 6.45) is 25.5. The number of nitriles is 1. The number of hydrogen-bond acceptors (Lipinski definition) is 3. The fourth-order valence-corrected chi connectivity index (χ4v) is 4.95. The lowest BCUT2D eigenvalue weighted by Crippen LogP contribution is -2.30. The molecule has 0 saturated heterocycles. The van der Waals surface area contributed by atoms with E-state index < -0.39 is 0 Å². The molecule has 0 aromatic carbocycles. The molecule has 0 bridgehead atoms. The Hall–Kier alpha value is -1.56. The first kappa shape index (κ1) is 23.7. The van der Waals surface area contributed by atoms with Crippen LogP contribution in [0.5, 0.6) is 0 Å². The summed E-state index contributed by atoms with van der Waals surface area (Å²) in [5, 5.41) is 8.45. The molecule has 0 aliphatic heterocycles. The van der Waals surface area contributed by atoms with Crippen LogP contribution in [0.4, 0.5) is 0 Å². The zero-order chi connectivity index (χ0) is 20.7. The highest BCUT2D eigenvalue weighted by molar-refractivity contribution is 5.72. The van der Waals surface area contributed by atoms with Crippen LogP contribution < -0.4 is 0 Å². The van der Waals surface area contributed by atoms with E-state index >= 15 is 0 Å². The predicted octanol–water partition coefficient (Wildman–Crippen LogP) is 7.28. The molecule has 2 aliphatic rings. The van der Waals surface area contributed by atoms with E-state index in [1.165, 1.54) is 57.4 Å².